The lowest BCUT2D eigenvalue weighted by atomic mass is 10.2. The molecule has 3 rings (SSSR count). The molecule has 2 aromatic carbocycles. The number of carbonyl (C=O) groups is 1. The van der Waals surface area contributed by atoms with E-state index in [1.807, 2.05) is 0 Å². The fourth-order valence-electron chi connectivity index (χ4n) is 2.72. The van der Waals surface area contributed by atoms with Gasteiger partial charge in [-0.2, -0.15) is 0 Å². The molecule has 0 radical (unpaired) electrons. The van der Waals surface area contributed by atoms with Crippen LogP contribution in [0.3, 0.4) is 0 Å². The maximum atomic E-state index is 13.7. The fourth-order valence-corrected chi connectivity index (χ4v) is 2.72. The Bertz CT molecular complexity index is 1100. The van der Waals surface area contributed by atoms with Gasteiger partial charge in [0.25, 0.3) is 11.5 Å². The van der Waals surface area contributed by atoms with Crippen molar-refractivity contribution in [2.24, 2.45) is 0 Å². The molecule has 1 amide bonds. The predicted molar refractivity (Wildman–Crippen MR) is 97.4 cm³/mol. The van der Waals surface area contributed by atoms with Crippen molar-refractivity contribution in [1.29, 1.82) is 0 Å². The first-order valence-electron chi connectivity index (χ1n) is 8.52. The first-order chi connectivity index (χ1) is 13.3. The monoisotopic (exact) mass is 391 g/mol. The number of aromatic nitrogens is 2. The minimum atomic E-state index is -1.65. The van der Waals surface area contributed by atoms with Crippen LogP contribution in [0.5, 0.6) is 0 Å². The number of para-hydroxylation sites is 1. The number of nitrogens with one attached hydrogen (secondary N) is 3. The Morgan fingerprint density at radius 1 is 1.18 bits per heavy atom. The Hall–Kier alpha value is -3.20. The summed E-state index contributed by atoms with van der Waals surface area (Å²) in [6.07, 6.45) is 0. The van der Waals surface area contributed by atoms with Crippen LogP contribution in [0.4, 0.5) is 18.9 Å². The molecule has 2 atom stereocenters. The van der Waals surface area contributed by atoms with Gasteiger partial charge in [0.2, 0.25) is 0 Å². The second-order valence-corrected chi connectivity index (χ2v) is 6.49. The molecule has 28 heavy (non-hydrogen) atoms. The van der Waals surface area contributed by atoms with Gasteiger partial charge in [-0.1, -0.05) is 12.1 Å². The number of nitrogens with zero attached hydrogens (tertiary/aromatic N) is 1. The first-order valence-corrected chi connectivity index (χ1v) is 8.52. The fraction of sp³-hybridized carbons (Fsp3) is 0.211. The molecule has 0 spiro atoms. The average Bonchev–Trinajstić information content (AvgIpc) is 2.67. The number of hydrogen-bond donors (Lipinski definition) is 3. The molecule has 0 saturated carbocycles. The molecule has 0 aliphatic rings. The number of halogens is 3. The number of quaternary nitrogens is 1. The van der Waals surface area contributed by atoms with E-state index in [1.54, 1.807) is 38.2 Å². The summed E-state index contributed by atoms with van der Waals surface area (Å²) < 4.78 is 40.0. The van der Waals surface area contributed by atoms with Crippen LogP contribution in [0.25, 0.3) is 10.9 Å². The minimum Gasteiger partial charge on any atom is -0.321 e. The van der Waals surface area contributed by atoms with E-state index in [1.165, 1.54) is 0 Å². The standard InChI is InChI=1S/C19H17F3N4O2/c1-10(18(27)24-14-8-7-12(20)16(21)17(14)22)26(2)9-15-23-13-6-4-3-5-11(13)19(28)25-15/h3-8,10H,9H2,1-2H3,(H,24,27)(H,23,25,28)/p+1/t10-/m1/s1. The number of amides is 1. The largest absolute Gasteiger partial charge is 0.321 e. The summed E-state index contributed by atoms with van der Waals surface area (Å²) in [5.41, 5.74) is -0.190. The van der Waals surface area contributed by atoms with Gasteiger partial charge in [0, 0.05) is 0 Å². The Labute approximate surface area is 158 Å². The number of aromatic amines is 1. The van der Waals surface area contributed by atoms with Gasteiger partial charge >= 0.3 is 0 Å². The third kappa shape index (κ3) is 3.89. The maximum Gasteiger partial charge on any atom is 0.282 e. The summed E-state index contributed by atoms with van der Waals surface area (Å²) in [5.74, 6) is -4.65. The first kappa shape index (κ1) is 19.6. The van der Waals surface area contributed by atoms with Gasteiger partial charge in [0.05, 0.1) is 23.6 Å². The van der Waals surface area contributed by atoms with Crippen molar-refractivity contribution in [1.82, 2.24) is 9.97 Å². The predicted octanol–water partition coefficient (Wildman–Crippen LogP) is 1.38. The molecule has 0 bridgehead atoms. The third-order valence-electron chi connectivity index (χ3n) is 4.53. The van der Waals surface area contributed by atoms with E-state index in [0.29, 0.717) is 21.6 Å². The summed E-state index contributed by atoms with van der Waals surface area (Å²) >= 11 is 0. The molecule has 0 aliphatic carbocycles. The zero-order valence-corrected chi connectivity index (χ0v) is 15.1. The lowest BCUT2D eigenvalue weighted by Crippen LogP contribution is -3.12. The smallest absolute Gasteiger partial charge is 0.282 e. The molecular weight excluding hydrogens is 373 g/mol. The molecule has 0 aliphatic heterocycles. The van der Waals surface area contributed by atoms with Crippen molar-refractivity contribution in [2.75, 3.05) is 12.4 Å². The molecule has 0 fully saturated rings. The highest BCUT2D eigenvalue weighted by Crippen LogP contribution is 2.19. The molecule has 6 nitrogen and oxygen atoms in total. The zero-order valence-electron chi connectivity index (χ0n) is 15.1. The average molecular weight is 391 g/mol. The van der Waals surface area contributed by atoms with Crippen molar-refractivity contribution in [3.8, 4) is 0 Å². The number of anilines is 1. The lowest BCUT2D eigenvalue weighted by molar-refractivity contribution is -0.908. The number of carbonyl (C=O) groups excluding carboxylic acids is 1. The van der Waals surface area contributed by atoms with Crippen LogP contribution >= 0.6 is 0 Å². The molecule has 146 valence electrons. The maximum absolute atomic E-state index is 13.7. The van der Waals surface area contributed by atoms with Gasteiger partial charge in [0.1, 0.15) is 6.54 Å². The van der Waals surface area contributed by atoms with Gasteiger partial charge in [-0.05, 0) is 31.2 Å². The number of likely N-dealkylation sites (N-methyl/N-ethyl adjacent to an activating group) is 1. The molecule has 9 heteroatoms. The quantitative estimate of drug-likeness (QED) is 0.575. The van der Waals surface area contributed by atoms with Crippen LogP contribution < -0.4 is 15.8 Å². The van der Waals surface area contributed by atoms with Gasteiger partial charge in [-0.25, -0.2) is 18.2 Å². The summed E-state index contributed by atoms with van der Waals surface area (Å²) in [6.45, 7) is 1.80. The Kier molecular flexibility index (Phi) is 5.46. The highest BCUT2D eigenvalue weighted by molar-refractivity contribution is 5.93. The van der Waals surface area contributed by atoms with Crippen LogP contribution in [0.1, 0.15) is 12.7 Å². The molecule has 0 saturated heterocycles. The molecule has 3 N–H and O–H groups in total. The summed E-state index contributed by atoms with van der Waals surface area (Å²) in [7, 11) is 1.70. The van der Waals surface area contributed by atoms with Crippen LogP contribution in [-0.2, 0) is 11.3 Å². The third-order valence-corrected chi connectivity index (χ3v) is 4.53. The van der Waals surface area contributed by atoms with Crippen molar-refractivity contribution >= 4 is 22.5 Å². The van der Waals surface area contributed by atoms with E-state index in [9.17, 15) is 22.8 Å². The summed E-state index contributed by atoms with van der Waals surface area (Å²) in [4.78, 5) is 32.2. The van der Waals surface area contributed by atoms with Crippen LogP contribution in [0, 0.1) is 17.5 Å². The van der Waals surface area contributed by atoms with Crippen molar-refractivity contribution in [3.63, 3.8) is 0 Å². The molecule has 1 aromatic heterocycles. The lowest BCUT2D eigenvalue weighted by Gasteiger charge is -2.20. The number of hydrogen-bond acceptors (Lipinski definition) is 3. The van der Waals surface area contributed by atoms with Crippen LogP contribution in [-0.4, -0.2) is 29.0 Å². The zero-order chi connectivity index (χ0) is 20.4. The van der Waals surface area contributed by atoms with Crippen molar-refractivity contribution in [3.05, 3.63) is 70.0 Å². The number of rotatable bonds is 5. The van der Waals surface area contributed by atoms with Gasteiger partial charge in [0.15, 0.2) is 29.3 Å². The number of benzene rings is 2. The topological polar surface area (TPSA) is 79.3 Å². The van der Waals surface area contributed by atoms with Crippen LogP contribution in [0.2, 0.25) is 0 Å². The van der Waals surface area contributed by atoms with Crippen molar-refractivity contribution < 1.29 is 22.9 Å². The molecule has 1 heterocycles. The summed E-state index contributed by atoms with van der Waals surface area (Å²) in [6, 6.07) is 7.88. The SMILES string of the molecule is C[C@H](C(=O)Nc1ccc(F)c(F)c1F)[NH+](C)Cc1nc2ccccc2c(=O)[nH]1. The molecule has 1 unspecified atom stereocenters. The summed E-state index contributed by atoms with van der Waals surface area (Å²) in [5, 5.41) is 2.71. The van der Waals surface area contributed by atoms with E-state index in [-0.39, 0.29) is 12.1 Å². The van der Waals surface area contributed by atoms with E-state index in [0.717, 1.165) is 12.1 Å². The number of fused-ring (bicyclic) bond motifs is 1. The van der Waals surface area contributed by atoms with E-state index < -0.39 is 35.1 Å². The van der Waals surface area contributed by atoms with Crippen molar-refractivity contribution in [2.45, 2.75) is 19.5 Å². The Morgan fingerprint density at radius 2 is 1.89 bits per heavy atom. The van der Waals surface area contributed by atoms with E-state index in [2.05, 4.69) is 15.3 Å². The van der Waals surface area contributed by atoms with Gasteiger partial charge < -0.3 is 15.2 Å². The Balaban J connectivity index is 1.74. The Morgan fingerprint density at radius 3 is 2.64 bits per heavy atom. The van der Waals surface area contributed by atoms with Crippen LogP contribution in [0.15, 0.2) is 41.2 Å². The number of H-pyrrole nitrogens is 1. The van der Waals surface area contributed by atoms with E-state index in [4.69, 9.17) is 0 Å². The van der Waals surface area contributed by atoms with Gasteiger partial charge in [-0.15, -0.1) is 0 Å². The van der Waals surface area contributed by atoms with Gasteiger partial charge in [-0.3, -0.25) is 9.59 Å². The normalized spacial score (nSPS) is 13.3. The molecular formula is C19H18F3N4O2+. The second kappa shape index (κ2) is 7.81. The highest BCUT2D eigenvalue weighted by Gasteiger charge is 2.25. The van der Waals surface area contributed by atoms with E-state index >= 15 is 0 Å². The molecule has 3 aromatic rings. The second-order valence-electron chi connectivity index (χ2n) is 6.49. The highest BCUT2D eigenvalue weighted by atomic mass is 19.2. The minimum absolute atomic E-state index is 0.217.